The zero-order valence-corrected chi connectivity index (χ0v) is 15.2. The topological polar surface area (TPSA) is 54.0 Å². The third kappa shape index (κ3) is 4.57. The van der Waals surface area contributed by atoms with Crippen LogP contribution in [0.3, 0.4) is 0 Å². The molecule has 1 heterocycles. The third-order valence-electron chi connectivity index (χ3n) is 3.88. The summed E-state index contributed by atoms with van der Waals surface area (Å²) < 4.78 is 0. The van der Waals surface area contributed by atoms with E-state index >= 15 is 0 Å². The first-order valence-corrected chi connectivity index (χ1v) is 8.48. The lowest BCUT2D eigenvalue weighted by molar-refractivity contribution is 0.102. The van der Waals surface area contributed by atoms with Crippen LogP contribution < -0.4 is 10.6 Å². The van der Waals surface area contributed by atoms with Crippen molar-refractivity contribution < 1.29 is 4.79 Å². The summed E-state index contributed by atoms with van der Waals surface area (Å²) in [4.78, 5) is 16.8. The molecule has 0 fully saturated rings. The summed E-state index contributed by atoms with van der Waals surface area (Å²) in [5.41, 5.74) is 4.53. The summed E-state index contributed by atoms with van der Waals surface area (Å²) in [7, 11) is 0. The fraction of sp³-hybridized carbons (Fsp3) is 0.400. The number of carbonyl (C=O) groups excluding carboxylic acids is 1. The minimum absolute atomic E-state index is 0.133. The number of hydrogen-bond acceptors (Lipinski definition) is 3. The molecule has 1 amide bonds. The molecular weight excluding hydrogens is 298 g/mol. The van der Waals surface area contributed by atoms with E-state index in [1.54, 1.807) is 12.4 Å². The van der Waals surface area contributed by atoms with Crippen molar-refractivity contribution in [2.75, 3.05) is 17.2 Å². The van der Waals surface area contributed by atoms with Crippen LogP contribution in [0, 0.1) is 12.8 Å². The second-order valence-electron chi connectivity index (χ2n) is 6.89. The molecule has 0 atom stereocenters. The highest BCUT2D eigenvalue weighted by Gasteiger charge is 2.14. The normalized spacial score (nSPS) is 11.0. The SMILES string of the molecule is Cc1cccc(C(C)C)c1NC(=O)c1cncc(NCC(C)C)c1. The van der Waals surface area contributed by atoms with Gasteiger partial charge in [0, 0.05) is 24.6 Å². The Morgan fingerprint density at radius 3 is 2.58 bits per heavy atom. The zero-order valence-electron chi connectivity index (χ0n) is 15.2. The molecule has 0 unspecified atom stereocenters. The number of carbonyl (C=O) groups is 1. The first kappa shape index (κ1) is 18.0. The highest BCUT2D eigenvalue weighted by molar-refractivity contribution is 6.05. The van der Waals surface area contributed by atoms with Crippen molar-refractivity contribution in [2.24, 2.45) is 5.92 Å². The molecule has 0 aliphatic heterocycles. The van der Waals surface area contributed by atoms with E-state index in [1.807, 2.05) is 25.1 Å². The average molecular weight is 325 g/mol. The van der Waals surface area contributed by atoms with Crippen molar-refractivity contribution in [3.05, 3.63) is 53.3 Å². The Morgan fingerprint density at radius 1 is 1.17 bits per heavy atom. The number of hydrogen-bond donors (Lipinski definition) is 2. The molecule has 0 spiro atoms. The molecule has 128 valence electrons. The Bertz CT molecular complexity index is 708. The smallest absolute Gasteiger partial charge is 0.257 e. The van der Waals surface area contributed by atoms with Crippen molar-refractivity contribution >= 4 is 17.3 Å². The Balaban J connectivity index is 2.20. The van der Waals surface area contributed by atoms with Crippen LogP contribution in [-0.4, -0.2) is 17.4 Å². The summed E-state index contributed by atoms with van der Waals surface area (Å²) in [5, 5.41) is 6.36. The highest BCUT2D eigenvalue weighted by Crippen LogP contribution is 2.28. The lowest BCUT2D eigenvalue weighted by atomic mass is 9.98. The Kier molecular flexibility index (Phi) is 5.96. The molecule has 2 aromatic rings. The van der Waals surface area contributed by atoms with Crippen molar-refractivity contribution in [2.45, 2.75) is 40.5 Å². The van der Waals surface area contributed by atoms with Crippen LogP contribution in [0.5, 0.6) is 0 Å². The van der Waals surface area contributed by atoms with Gasteiger partial charge in [-0.25, -0.2) is 0 Å². The first-order valence-electron chi connectivity index (χ1n) is 8.48. The summed E-state index contributed by atoms with van der Waals surface area (Å²) in [6.45, 7) is 11.4. The van der Waals surface area contributed by atoms with E-state index in [1.165, 1.54) is 0 Å². The monoisotopic (exact) mass is 325 g/mol. The number of para-hydroxylation sites is 1. The van der Waals surface area contributed by atoms with E-state index in [4.69, 9.17) is 0 Å². The number of benzene rings is 1. The molecule has 0 aliphatic carbocycles. The number of rotatable bonds is 6. The number of nitrogens with one attached hydrogen (secondary N) is 2. The van der Waals surface area contributed by atoms with Crippen molar-refractivity contribution in [3.63, 3.8) is 0 Å². The molecular formula is C20H27N3O. The quantitative estimate of drug-likeness (QED) is 0.799. The number of aryl methyl sites for hydroxylation is 1. The van der Waals surface area contributed by atoms with Gasteiger partial charge in [0.25, 0.3) is 5.91 Å². The molecule has 0 bridgehead atoms. The summed E-state index contributed by atoms with van der Waals surface area (Å²) in [6.07, 6.45) is 3.34. The standard InChI is InChI=1S/C20H27N3O/c1-13(2)10-22-17-9-16(11-21-12-17)20(24)23-19-15(5)7-6-8-18(19)14(3)4/h6-9,11-14,22H,10H2,1-5H3,(H,23,24). The molecule has 0 saturated heterocycles. The minimum atomic E-state index is -0.133. The lowest BCUT2D eigenvalue weighted by Crippen LogP contribution is -2.16. The Morgan fingerprint density at radius 2 is 1.92 bits per heavy atom. The third-order valence-corrected chi connectivity index (χ3v) is 3.88. The summed E-state index contributed by atoms with van der Waals surface area (Å²) in [6, 6.07) is 7.95. The fourth-order valence-electron chi connectivity index (χ4n) is 2.51. The van der Waals surface area contributed by atoms with Gasteiger partial charge in [-0.15, -0.1) is 0 Å². The van der Waals surface area contributed by atoms with Crippen LogP contribution in [0.4, 0.5) is 11.4 Å². The second kappa shape index (κ2) is 7.95. The zero-order chi connectivity index (χ0) is 17.7. The largest absolute Gasteiger partial charge is 0.384 e. The molecule has 4 heteroatoms. The number of pyridine rings is 1. The Labute approximate surface area is 144 Å². The maximum atomic E-state index is 12.7. The van der Waals surface area contributed by atoms with Gasteiger partial charge in [0.15, 0.2) is 0 Å². The van der Waals surface area contributed by atoms with Gasteiger partial charge in [-0.2, -0.15) is 0 Å². The van der Waals surface area contributed by atoms with Gasteiger partial charge >= 0.3 is 0 Å². The summed E-state index contributed by atoms with van der Waals surface area (Å²) >= 11 is 0. The molecule has 2 rings (SSSR count). The Hall–Kier alpha value is -2.36. The van der Waals surface area contributed by atoms with Crippen LogP contribution in [0.15, 0.2) is 36.7 Å². The fourth-order valence-corrected chi connectivity index (χ4v) is 2.51. The van der Waals surface area contributed by atoms with Crippen LogP contribution in [0.2, 0.25) is 0 Å². The first-order chi connectivity index (χ1) is 11.4. The highest BCUT2D eigenvalue weighted by atomic mass is 16.1. The molecule has 1 aromatic heterocycles. The number of aromatic nitrogens is 1. The van der Waals surface area contributed by atoms with E-state index in [9.17, 15) is 4.79 Å². The van der Waals surface area contributed by atoms with Gasteiger partial charge in [0.05, 0.1) is 11.3 Å². The van der Waals surface area contributed by atoms with Crippen LogP contribution in [0.1, 0.15) is 55.1 Å². The number of anilines is 2. The van der Waals surface area contributed by atoms with Crippen LogP contribution >= 0.6 is 0 Å². The van der Waals surface area contributed by atoms with Crippen molar-refractivity contribution in [3.8, 4) is 0 Å². The molecule has 1 aromatic carbocycles. The van der Waals surface area contributed by atoms with Crippen molar-refractivity contribution in [1.29, 1.82) is 0 Å². The van der Waals surface area contributed by atoms with E-state index in [0.29, 0.717) is 17.4 Å². The second-order valence-corrected chi connectivity index (χ2v) is 6.89. The molecule has 2 N–H and O–H groups in total. The molecule has 0 radical (unpaired) electrons. The van der Waals surface area contributed by atoms with E-state index < -0.39 is 0 Å². The summed E-state index contributed by atoms with van der Waals surface area (Å²) in [5.74, 6) is 0.743. The number of amides is 1. The minimum Gasteiger partial charge on any atom is -0.384 e. The molecule has 24 heavy (non-hydrogen) atoms. The lowest BCUT2D eigenvalue weighted by Gasteiger charge is -2.16. The van der Waals surface area contributed by atoms with Gasteiger partial charge < -0.3 is 10.6 Å². The maximum Gasteiger partial charge on any atom is 0.257 e. The predicted octanol–water partition coefficient (Wildman–Crippen LogP) is 4.83. The van der Waals surface area contributed by atoms with Gasteiger partial charge in [-0.05, 0) is 36.0 Å². The van der Waals surface area contributed by atoms with Crippen LogP contribution in [0.25, 0.3) is 0 Å². The van der Waals surface area contributed by atoms with Gasteiger partial charge in [-0.1, -0.05) is 45.9 Å². The molecule has 0 aliphatic rings. The van der Waals surface area contributed by atoms with Crippen LogP contribution in [-0.2, 0) is 0 Å². The number of nitrogens with zero attached hydrogens (tertiary/aromatic N) is 1. The molecule has 4 nitrogen and oxygen atoms in total. The van der Waals surface area contributed by atoms with E-state index in [-0.39, 0.29) is 5.91 Å². The van der Waals surface area contributed by atoms with E-state index in [2.05, 4.69) is 49.4 Å². The molecule has 0 saturated carbocycles. The van der Waals surface area contributed by atoms with Gasteiger partial charge in [0.1, 0.15) is 0 Å². The van der Waals surface area contributed by atoms with Crippen molar-refractivity contribution in [1.82, 2.24) is 4.98 Å². The maximum absolute atomic E-state index is 12.7. The van der Waals surface area contributed by atoms with Gasteiger partial charge in [0.2, 0.25) is 0 Å². The average Bonchev–Trinajstić information content (AvgIpc) is 2.54. The van der Waals surface area contributed by atoms with E-state index in [0.717, 1.165) is 29.0 Å². The van der Waals surface area contributed by atoms with Gasteiger partial charge in [-0.3, -0.25) is 9.78 Å². The predicted molar refractivity (Wildman–Crippen MR) is 101 cm³/mol.